The highest BCUT2D eigenvalue weighted by atomic mass is 79.9. The highest BCUT2D eigenvalue weighted by Gasteiger charge is 2.32. The number of furan rings is 1. The van der Waals surface area contributed by atoms with E-state index in [2.05, 4.69) is 21.2 Å². The molecule has 6 rings (SSSR count). The molecule has 3 heterocycles. The summed E-state index contributed by atoms with van der Waals surface area (Å²) in [7, 11) is 0. The van der Waals surface area contributed by atoms with E-state index in [0.717, 1.165) is 15.6 Å². The van der Waals surface area contributed by atoms with Crippen LogP contribution in [0.1, 0.15) is 24.3 Å². The lowest BCUT2D eigenvalue weighted by molar-refractivity contribution is -0.113. The first-order valence-corrected chi connectivity index (χ1v) is 13.9. The molecule has 0 fully saturated rings. The van der Waals surface area contributed by atoms with Gasteiger partial charge in [0.15, 0.2) is 4.80 Å². The molecule has 8 heteroatoms. The maximum Gasteiger partial charge on any atom is 0.271 e. The lowest BCUT2D eigenvalue weighted by Gasteiger charge is -2.25. The lowest BCUT2D eigenvalue weighted by atomic mass is 9.95. The van der Waals surface area contributed by atoms with E-state index in [1.165, 1.54) is 11.3 Å². The van der Waals surface area contributed by atoms with Crippen molar-refractivity contribution in [3.8, 4) is 11.3 Å². The predicted octanol–water partition coefficient (Wildman–Crippen LogP) is 5.90. The summed E-state index contributed by atoms with van der Waals surface area (Å²) in [5, 5.41) is 2.97. The number of benzene rings is 3. The Kier molecular flexibility index (Phi) is 6.72. The Morgan fingerprint density at radius 1 is 0.974 bits per heavy atom. The molecule has 0 spiro atoms. The minimum atomic E-state index is -0.622. The molecule has 1 aliphatic heterocycles. The molecule has 2 aromatic heterocycles. The maximum atomic E-state index is 13.8. The summed E-state index contributed by atoms with van der Waals surface area (Å²) in [4.78, 5) is 32.6. The van der Waals surface area contributed by atoms with Crippen molar-refractivity contribution in [1.82, 2.24) is 4.57 Å². The fourth-order valence-corrected chi connectivity index (χ4v) is 5.90. The van der Waals surface area contributed by atoms with Crippen LogP contribution in [0.15, 0.2) is 127 Å². The summed E-state index contributed by atoms with van der Waals surface area (Å²) in [6.07, 6.45) is 1.73. The number of nitrogens with zero attached hydrogens (tertiary/aromatic N) is 2. The van der Waals surface area contributed by atoms with E-state index < -0.39 is 6.04 Å². The van der Waals surface area contributed by atoms with Gasteiger partial charge in [-0.25, -0.2) is 4.99 Å². The molecule has 0 bridgehead atoms. The van der Waals surface area contributed by atoms with Crippen molar-refractivity contribution < 1.29 is 9.21 Å². The second-order valence-corrected chi connectivity index (χ2v) is 10.9. The minimum Gasteiger partial charge on any atom is -0.457 e. The number of fused-ring (bicyclic) bond motifs is 1. The first-order chi connectivity index (χ1) is 19.0. The second kappa shape index (κ2) is 10.5. The number of thiazole rings is 1. The van der Waals surface area contributed by atoms with Crippen molar-refractivity contribution in [2.75, 3.05) is 5.32 Å². The second-order valence-electron chi connectivity index (χ2n) is 9.02. The van der Waals surface area contributed by atoms with Crippen LogP contribution in [0.4, 0.5) is 5.69 Å². The number of rotatable bonds is 5. The third kappa shape index (κ3) is 4.96. The van der Waals surface area contributed by atoms with E-state index >= 15 is 0 Å². The number of hydrogen-bond acceptors (Lipinski definition) is 5. The Morgan fingerprint density at radius 3 is 2.38 bits per heavy atom. The number of hydrogen-bond donors (Lipinski definition) is 1. The Bertz CT molecular complexity index is 1890. The zero-order chi connectivity index (χ0) is 26.9. The van der Waals surface area contributed by atoms with Gasteiger partial charge in [0.1, 0.15) is 11.5 Å². The van der Waals surface area contributed by atoms with Gasteiger partial charge < -0.3 is 9.73 Å². The standard InChI is InChI=1S/C31H22BrN3O3S/c1-19-27(29(36)34-23-10-6-3-7-11-23)28(21-8-4-2-5-9-21)35-30(37)26(39-31(35)33-19)18-24-16-17-25(38-24)20-12-14-22(32)15-13-20/h2-18,28H,1H3,(H,34,36). The Morgan fingerprint density at radius 2 is 1.67 bits per heavy atom. The van der Waals surface area contributed by atoms with Crippen molar-refractivity contribution in [3.63, 3.8) is 0 Å². The lowest BCUT2D eigenvalue weighted by Crippen LogP contribution is -2.40. The van der Waals surface area contributed by atoms with Crippen molar-refractivity contribution >= 4 is 44.9 Å². The highest BCUT2D eigenvalue weighted by molar-refractivity contribution is 9.10. The number of halogens is 1. The van der Waals surface area contributed by atoms with Crippen molar-refractivity contribution in [3.05, 3.63) is 144 Å². The summed E-state index contributed by atoms with van der Waals surface area (Å²) in [5.41, 5.74) is 3.21. The normalized spacial score (nSPS) is 15.1. The summed E-state index contributed by atoms with van der Waals surface area (Å²) >= 11 is 4.73. The summed E-state index contributed by atoms with van der Waals surface area (Å²) in [6, 6.07) is 29.8. The molecule has 1 atom stereocenters. The van der Waals surface area contributed by atoms with Gasteiger partial charge in [0, 0.05) is 21.8 Å². The topological polar surface area (TPSA) is 76.6 Å². The first-order valence-electron chi connectivity index (χ1n) is 12.3. The molecule has 192 valence electrons. The van der Waals surface area contributed by atoms with Gasteiger partial charge in [-0.05, 0) is 48.9 Å². The van der Waals surface area contributed by atoms with Crippen LogP contribution in [0.2, 0.25) is 0 Å². The highest BCUT2D eigenvalue weighted by Crippen LogP contribution is 2.31. The molecular weight excluding hydrogens is 574 g/mol. The first kappa shape index (κ1) is 25.0. The Hall–Kier alpha value is -4.27. The monoisotopic (exact) mass is 595 g/mol. The molecule has 1 aliphatic rings. The molecule has 0 saturated carbocycles. The molecule has 0 radical (unpaired) electrons. The summed E-state index contributed by atoms with van der Waals surface area (Å²) in [6.45, 7) is 1.81. The largest absolute Gasteiger partial charge is 0.457 e. The Labute approximate surface area is 236 Å². The van der Waals surface area contributed by atoms with Crippen LogP contribution in [-0.4, -0.2) is 10.5 Å². The van der Waals surface area contributed by atoms with Gasteiger partial charge in [-0.3, -0.25) is 14.2 Å². The number of allylic oxidation sites excluding steroid dienone is 1. The van der Waals surface area contributed by atoms with Crippen LogP contribution >= 0.6 is 27.3 Å². The number of anilines is 1. The van der Waals surface area contributed by atoms with Crippen LogP contribution in [-0.2, 0) is 4.79 Å². The number of nitrogens with one attached hydrogen (secondary N) is 1. The van der Waals surface area contributed by atoms with E-state index in [4.69, 9.17) is 9.41 Å². The van der Waals surface area contributed by atoms with Gasteiger partial charge in [0.25, 0.3) is 11.5 Å². The van der Waals surface area contributed by atoms with Gasteiger partial charge in [-0.15, -0.1) is 0 Å². The molecule has 6 nitrogen and oxygen atoms in total. The third-order valence-corrected chi connectivity index (χ3v) is 7.95. The molecule has 0 aliphatic carbocycles. The van der Waals surface area contributed by atoms with Crippen LogP contribution in [0.5, 0.6) is 0 Å². The minimum absolute atomic E-state index is 0.230. The van der Waals surface area contributed by atoms with Gasteiger partial charge in [-0.1, -0.05) is 87.9 Å². The van der Waals surface area contributed by atoms with Gasteiger partial charge in [0.05, 0.1) is 21.8 Å². The predicted molar refractivity (Wildman–Crippen MR) is 157 cm³/mol. The van der Waals surface area contributed by atoms with Crippen molar-refractivity contribution in [2.45, 2.75) is 13.0 Å². The van der Waals surface area contributed by atoms with Crippen molar-refractivity contribution in [1.29, 1.82) is 0 Å². The average molecular weight is 597 g/mol. The smallest absolute Gasteiger partial charge is 0.271 e. The fourth-order valence-electron chi connectivity index (χ4n) is 4.61. The number of carbonyl (C=O) groups is 1. The molecule has 0 saturated heterocycles. The van der Waals surface area contributed by atoms with E-state index in [1.54, 1.807) is 10.6 Å². The van der Waals surface area contributed by atoms with Gasteiger partial charge in [0.2, 0.25) is 0 Å². The zero-order valence-electron chi connectivity index (χ0n) is 20.8. The summed E-state index contributed by atoms with van der Waals surface area (Å²) in [5.74, 6) is 0.974. The SMILES string of the molecule is CC1=C(C(=O)Nc2ccccc2)C(c2ccccc2)n2c(sc(=Cc3ccc(-c4ccc(Br)cc4)o3)c2=O)=N1. The molecule has 1 amide bonds. The summed E-state index contributed by atoms with van der Waals surface area (Å²) < 4.78 is 9.11. The van der Waals surface area contributed by atoms with Crippen LogP contribution in [0.3, 0.4) is 0 Å². The number of aromatic nitrogens is 1. The number of para-hydroxylation sites is 1. The van der Waals surface area contributed by atoms with Gasteiger partial charge in [-0.2, -0.15) is 0 Å². The molecule has 5 aromatic rings. The fraction of sp³-hybridized carbons (Fsp3) is 0.0645. The van der Waals surface area contributed by atoms with E-state index in [0.29, 0.717) is 37.8 Å². The van der Waals surface area contributed by atoms with Crippen LogP contribution in [0, 0.1) is 0 Å². The van der Waals surface area contributed by atoms with Crippen molar-refractivity contribution in [2.24, 2.45) is 4.99 Å². The van der Waals surface area contributed by atoms with E-state index in [9.17, 15) is 9.59 Å². The molecule has 1 unspecified atom stereocenters. The van der Waals surface area contributed by atoms with Crippen LogP contribution < -0.4 is 20.2 Å². The third-order valence-electron chi connectivity index (χ3n) is 6.44. The van der Waals surface area contributed by atoms with E-state index in [-0.39, 0.29) is 11.5 Å². The van der Waals surface area contributed by atoms with E-state index in [1.807, 2.05) is 104 Å². The van der Waals surface area contributed by atoms with Gasteiger partial charge >= 0.3 is 0 Å². The average Bonchev–Trinajstić information content (AvgIpc) is 3.53. The molecular formula is C31H22BrN3O3S. The number of carbonyl (C=O) groups excluding carboxylic acids is 1. The Balaban J connectivity index is 1.44. The number of amides is 1. The molecule has 1 N–H and O–H groups in total. The quantitative estimate of drug-likeness (QED) is 0.275. The maximum absolute atomic E-state index is 13.8. The van der Waals surface area contributed by atoms with Crippen LogP contribution in [0.25, 0.3) is 17.4 Å². The molecule has 3 aromatic carbocycles. The molecule has 39 heavy (non-hydrogen) atoms. The zero-order valence-corrected chi connectivity index (χ0v) is 23.2.